The molecule has 1 aromatic carbocycles. The second-order valence-corrected chi connectivity index (χ2v) is 5.71. The summed E-state index contributed by atoms with van der Waals surface area (Å²) in [6.45, 7) is 6.62. The highest BCUT2D eigenvalue weighted by Crippen LogP contribution is 2.25. The Bertz CT molecular complexity index is 527. The van der Waals surface area contributed by atoms with Crippen molar-refractivity contribution in [1.29, 1.82) is 0 Å². The lowest BCUT2D eigenvalue weighted by Gasteiger charge is -2.19. The van der Waals surface area contributed by atoms with Crippen molar-refractivity contribution in [2.24, 2.45) is 0 Å². The molecule has 0 amide bonds. The summed E-state index contributed by atoms with van der Waals surface area (Å²) in [5.41, 5.74) is 3.49. The molecule has 0 atom stereocenters. The van der Waals surface area contributed by atoms with Gasteiger partial charge in [0.2, 0.25) is 0 Å². The SMILES string of the molecule is CC(C)(C)c1ccc(Nc2ccnc(Cl)c2)cc1. The molecule has 0 aliphatic rings. The molecule has 0 unspecified atom stereocenters. The number of nitrogens with zero attached hydrogens (tertiary/aromatic N) is 1. The van der Waals surface area contributed by atoms with E-state index in [1.807, 2.05) is 6.07 Å². The lowest BCUT2D eigenvalue weighted by Crippen LogP contribution is -2.10. The Morgan fingerprint density at radius 1 is 1.00 bits per heavy atom. The summed E-state index contributed by atoms with van der Waals surface area (Å²) >= 11 is 5.85. The van der Waals surface area contributed by atoms with E-state index < -0.39 is 0 Å². The Hall–Kier alpha value is -1.54. The van der Waals surface area contributed by atoms with Crippen molar-refractivity contribution in [2.75, 3.05) is 5.32 Å². The van der Waals surface area contributed by atoms with Gasteiger partial charge in [-0.3, -0.25) is 0 Å². The van der Waals surface area contributed by atoms with Gasteiger partial charge in [-0.25, -0.2) is 4.98 Å². The number of pyridine rings is 1. The molecule has 1 N–H and O–H groups in total. The quantitative estimate of drug-likeness (QED) is 0.787. The van der Waals surface area contributed by atoms with Gasteiger partial charge in [-0.15, -0.1) is 0 Å². The predicted octanol–water partition coefficient (Wildman–Crippen LogP) is 4.78. The number of hydrogen-bond acceptors (Lipinski definition) is 2. The molecule has 94 valence electrons. The Kier molecular flexibility index (Phi) is 3.58. The average Bonchev–Trinajstić information content (AvgIpc) is 2.28. The number of anilines is 2. The van der Waals surface area contributed by atoms with Crippen LogP contribution in [0.5, 0.6) is 0 Å². The smallest absolute Gasteiger partial charge is 0.131 e. The highest BCUT2D eigenvalue weighted by molar-refractivity contribution is 6.29. The van der Waals surface area contributed by atoms with E-state index in [1.165, 1.54) is 5.56 Å². The van der Waals surface area contributed by atoms with Crippen molar-refractivity contribution < 1.29 is 0 Å². The van der Waals surface area contributed by atoms with Crippen LogP contribution in [0.15, 0.2) is 42.6 Å². The molecule has 2 aromatic rings. The predicted molar refractivity (Wildman–Crippen MR) is 77.7 cm³/mol. The van der Waals surface area contributed by atoms with E-state index in [-0.39, 0.29) is 5.41 Å². The molecule has 0 saturated carbocycles. The Morgan fingerprint density at radius 3 is 2.22 bits per heavy atom. The van der Waals surface area contributed by atoms with Gasteiger partial charge in [0.25, 0.3) is 0 Å². The van der Waals surface area contributed by atoms with Gasteiger partial charge in [0.1, 0.15) is 5.15 Å². The highest BCUT2D eigenvalue weighted by Gasteiger charge is 2.12. The number of rotatable bonds is 2. The summed E-state index contributed by atoms with van der Waals surface area (Å²) in [5.74, 6) is 0. The largest absolute Gasteiger partial charge is 0.355 e. The molecule has 2 rings (SSSR count). The van der Waals surface area contributed by atoms with Gasteiger partial charge >= 0.3 is 0 Å². The lowest BCUT2D eigenvalue weighted by molar-refractivity contribution is 0.590. The number of aromatic nitrogens is 1. The van der Waals surface area contributed by atoms with Crippen LogP contribution in [0, 0.1) is 0 Å². The van der Waals surface area contributed by atoms with Gasteiger partial charge in [-0.05, 0) is 35.2 Å². The topological polar surface area (TPSA) is 24.9 Å². The average molecular weight is 261 g/mol. The first kappa shape index (κ1) is 12.9. The van der Waals surface area contributed by atoms with E-state index in [0.29, 0.717) is 5.15 Å². The highest BCUT2D eigenvalue weighted by atomic mass is 35.5. The van der Waals surface area contributed by atoms with Crippen LogP contribution in [0.3, 0.4) is 0 Å². The van der Waals surface area contributed by atoms with Crippen molar-refractivity contribution >= 4 is 23.0 Å². The zero-order valence-electron chi connectivity index (χ0n) is 10.9. The van der Waals surface area contributed by atoms with Crippen LogP contribution < -0.4 is 5.32 Å². The van der Waals surface area contributed by atoms with Crippen molar-refractivity contribution in [3.63, 3.8) is 0 Å². The molecule has 0 aliphatic carbocycles. The normalized spacial score (nSPS) is 11.3. The van der Waals surface area contributed by atoms with E-state index in [2.05, 4.69) is 55.3 Å². The van der Waals surface area contributed by atoms with Crippen LogP contribution in [0.4, 0.5) is 11.4 Å². The second-order valence-electron chi connectivity index (χ2n) is 5.32. The zero-order chi connectivity index (χ0) is 13.2. The molecule has 0 fully saturated rings. The van der Waals surface area contributed by atoms with Crippen molar-refractivity contribution in [2.45, 2.75) is 26.2 Å². The van der Waals surface area contributed by atoms with Gasteiger partial charge < -0.3 is 5.32 Å². The van der Waals surface area contributed by atoms with Gasteiger partial charge in [0.05, 0.1) is 0 Å². The monoisotopic (exact) mass is 260 g/mol. The molecule has 0 bridgehead atoms. The van der Waals surface area contributed by atoms with Crippen LogP contribution in [0.2, 0.25) is 5.15 Å². The molecular weight excluding hydrogens is 244 g/mol. The van der Waals surface area contributed by atoms with E-state index in [4.69, 9.17) is 11.6 Å². The molecule has 2 nitrogen and oxygen atoms in total. The Labute approximate surface area is 113 Å². The third-order valence-electron chi connectivity index (χ3n) is 2.77. The Balaban J connectivity index is 2.16. The standard InChI is InChI=1S/C15H17ClN2/c1-15(2,3)11-4-6-12(7-5-11)18-13-8-9-17-14(16)10-13/h4-10H,1-3H3,(H,17,18). The molecular formula is C15H17ClN2. The lowest BCUT2D eigenvalue weighted by atomic mass is 9.87. The molecule has 18 heavy (non-hydrogen) atoms. The number of hydrogen-bond donors (Lipinski definition) is 1. The van der Waals surface area contributed by atoms with Crippen LogP contribution >= 0.6 is 11.6 Å². The summed E-state index contributed by atoms with van der Waals surface area (Å²) in [7, 11) is 0. The maximum Gasteiger partial charge on any atom is 0.131 e. The van der Waals surface area contributed by atoms with E-state index >= 15 is 0 Å². The first-order valence-corrected chi connectivity index (χ1v) is 6.32. The van der Waals surface area contributed by atoms with Crippen LogP contribution in [0.25, 0.3) is 0 Å². The number of halogens is 1. The molecule has 0 saturated heterocycles. The first-order valence-electron chi connectivity index (χ1n) is 5.94. The molecule has 1 aromatic heterocycles. The van der Waals surface area contributed by atoms with E-state index in [9.17, 15) is 0 Å². The summed E-state index contributed by atoms with van der Waals surface area (Å²) in [6.07, 6.45) is 1.69. The van der Waals surface area contributed by atoms with Crippen molar-refractivity contribution in [3.8, 4) is 0 Å². The van der Waals surface area contributed by atoms with Gasteiger partial charge in [0, 0.05) is 17.6 Å². The summed E-state index contributed by atoms with van der Waals surface area (Å²) in [5, 5.41) is 3.79. The summed E-state index contributed by atoms with van der Waals surface area (Å²) in [4.78, 5) is 3.95. The molecule has 3 heteroatoms. The fourth-order valence-corrected chi connectivity index (χ4v) is 1.87. The van der Waals surface area contributed by atoms with Crippen molar-refractivity contribution in [3.05, 3.63) is 53.3 Å². The molecule has 1 heterocycles. The fraction of sp³-hybridized carbons (Fsp3) is 0.267. The van der Waals surface area contributed by atoms with Crippen LogP contribution in [0.1, 0.15) is 26.3 Å². The second kappa shape index (κ2) is 4.99. The third-order valence-corrected chi connectivity index (χ3v) is 2.97. The van der Waals surface area contributed by atoms with Crippen molar-refractivity contribution in [1.82, 2.24) is 4.98 Å². The maximum absolute atomic E-state index is 5.85. The van der Waals surface area contributed by atoms with E-state index in [1.54, 1.807) is 12.3 Å². The molecule has 0 spiro atoms. The minimum atomic E-state index is 0.179. The Morgan fingerprint density at radius 2 is 1.67 bits per heavy atom. The summed E-state index contributed by atoms with van der Waals surface area (Å²) in [6, 6.07) is 12.1. The third kappa shape index (κ3) is 3.23. The number of nitrogens with one attached hydrogen (secondary N) is 1. The van der Waals surface area contributed by atoms with Gasteiger partial charge in [-0.1, -0.05) is 44.5 Å². The van der Waals surface area contributed by atoms with Crippen LogP contribution in [-0.2, 0) is 5.41 Å². The van der Waals surface area contributed by atoms with E-state index in [0.717, 1.165) is 11.4 Å². The number of benzene rings is 1. The molecule has 0 aliphatic heterocycles. The van der Waals surface area contributed by atoms with Crippen LogP contribution in [-0.4, -0.2) is 4.98 Å². The van der Waals surface area contributed by atoms with Gasteiger partial charge in [0.15, 0.2) is 0 Å². The van der Waals surface area contributed by atoms with Gasteiger partial charge in [-0.2, -0.15) is 0 Å². The maximum atomic E-state index is 5.85. The minimum absolute atomic E-state index is 0.179. The fourth-order valence-electron chi connectivity index (χ4n) is 1.70. The molecule has 0 radical (unpaired) electrons. The minimum Gasteiger partial charge on any atom is -0.355 e. The first-order chi connectivity index (χ1) is 8.45. The summed E-state index contributed by atoms with van der Waals surface area (Å²) < 4.78 is 0. The zero-order valence-corrected chi connectivity index (χ0v) is 11.6.